The average Bonchev–Trinajstić information content (AvgIpc) is 3.20. The van der Waals surface area contributed by atoms with Crippen molar-refractivity contribution in [1.82, 2.24) is 4.98 Å². The van der Waals surface area contributed by atoms with Crippen molar-refractivity contribution in [2.75, 3.05) is 17.5 Å². The summed E-state index contributed by atoms with van der Waals surface area (Å²) in [6.45, 7) is -0.442. The van der Waals surface area contributed by atoms with Crippen molar-refractivity contribution in [2.24, 2.45) is 0 Å². The first-order valence-corrected chi connectivity index (χ1v) is 11.2. The van der Waals surface area contributed by atoms with Crippen LogP contribution in [0.25, 0.3) is 0 Å². The number of hydrogen-bond acceptors (Lipinski definition) is 6. The third-order valence-corrected chi connectivity index (χ3v) is 6.95. The Hall–Kier alpha value is -1.84. The predicted octanol–water partition coefficient (Wildman–Crippen LogP) is 4.09. The minimum Gasteiger partial charge on any atom is -0.488 e. The van der Waals surface area contributed by atoms with Gasteiger partial charge in [-0.15, -0.1) is 11.3 Å². The van der Waals surface area contributed by atoms with Crippen LogP contribution in [0.2, 0.25) is 10.0 Å². The van der Waals surface area contributed by atoms with Crippen molar-refractivity contribution >= 4 is 49.7 Å². The monoisotopic (exact) mass is 458 g/mol. The zero-order valence-electron chi connectivity index (χ0n) is 14.4. The van der Waals surface area contributed by atoms with E-state index in [2.05, 4.69) is 4.98 Å². The molecule has 1 aromatic heterocycles. The lowest BCUT2D eigenvalue weighted by Gasteiger charge is -2.24. The van der Waals surface area contributed by atoms with Gasteiger partial charge in [0.1, 0.15) is 12.7 Å². The van der Waals surface area contributed by atoms with E-state index in [0.717, 1.165) is 15.6 Å². The van der Waals surface area contributed by atoms with E-state index >= 15 is 0 Å². The normalized spacial score (nSPS) is 12.5. The smallest absolute Gasteiger partial charge is 0.266 e. The number of aromatic nitrogens is 1. The Morgan fingerprint density at radius 2 is 1.79 bits per heavy atom. The van der Waals surface area contributed by atoms with Crippen LogP contribution in [0, 0.1) is 0 Å². The second kappa shape index (κ2) is 9.11. The molecule has 3 aromatic rings. The Kier molecular flexibility index (Phi) is 6.79. The Morgan fingerprint density at radius 3 is 2.39 bits per heavy atom. The molecule has 2 aromatic carbocycles. The van der Waals surface area contributed by atoms with Crippen molar-refractivity contribution < 1.29 is 18.3 Å². The second-order valence-electron chi connectivity index (χ2n) is 5.68. The van der Waals surface area contributed by atoms with Crippen LogP contribution < -0.4 is 9.04 Å². The first-order chi connectivity index (χ1) is 13.4. The fraction of sp³-hybridized carbons (Fsp3) is 0.167. The molecule has 1 heterocycles. The number of aliphatic hydroxyl groups excluding tert-OH is 1. The topological polar surface area (TPSA) is 79.7 Å². The van der Waals surface area contributed by atoms with Gasteiger partial charge in [-0.1, -0.05) is 47.5 Å². The highest BCUT2D eigenvalue weighted by Gasteiger charge is 2.29. The molecule has 0 spiro atoms. The number of anilines is 1. The number of thiazole rings is 1. The van der Waals surface area contributed by atoms with Crippen molar-refractivity contribution in [3.05, 3.63) is 70.2 Å². The molecule has 0 aliphatic rings. The SMILES string of the molecule is O=S(=O)(c1ccccc1)N(CC(O)COc1c(Cl)cccc1Cl)c1nccs1. The maximum Gasteiger partial charge on any atom is 0.266 e. The minimum absolute atomic E-state index is 0.104. The Balaban J connectivity index is 1.79. The number of para-hydroxylation sites is 1. The van der Waals surface area contributed by atoms with E-state index in [0.29, 0.717) is 10.0 Å². The van der Waals surface area contributed by atoms with Crippen LogP contribution in [-0.4, -0.2) is 37.8 Å². The predicted molar refractivity (Wildman–Crippen MR) is 111 cm³/mol. The van der Waals surface area contributed by atoms with E-state index in [1.807, 2.05) is 0 Å². The molecule has 28 heavy (non-hydrogen) atoms. The molecule has 0 aliphatic heterocycles. The fourth-order valence-electron chi connectivity index (χ4n) is 2.38. The molecule has 0 bridgehead atoms. The van der Waals surface area contributed by atoms with Crippen LogP contribution in [-0.2, 0) is 10.0 Å². The summed E-state index contributed by atoms with van der Waals surface area (Å²) >= 11 is 13.2. The number of sulfonamides is 1. The first-order valence-electron chi connectivity index (χ1n) is 8.11. The quantitative estimate of drug-likeness (QED) is 0.549. The molecule has 1 unspecified atom stereocenters. The Bertz CT molecular complexity index is 995. The van der Waals surface area contributed by atoms with Gasteiger partial charge in [0.25, 0.3) is 10.0 Å². The summed E-state index contributed by atoms with van der Waals surface area (Å²) in [5, 5.41) is 12.9. The van der Waals surface area contributed by atoms with Crippen LogP contribution in [0.15, 0.2) is 65.0 Å². The van der Waals surface area contributed by atoms with Gasteiger partial charge < -0.3 is 9.84 Å². The molecule has 0 saturated heterocycles. The van der Waals surface area contributed by atoms with Gasteiger partial charge in [-0.05, 0) is 24.3 Å². The number of nitrogens with zero attached hydrogens (tertiary/aromatic N) is 2. The van der Waals surface area contributed by atoms with Crippen LogP contribution in [0.1, 0.15) is 0 Å². The molecule has 1 N–H and O–H groups in total. The number of aliphatic hydroxyl groups is 1. The van der Waals surface area contributed by atoms with Gasteiger partial charge in [0.15, 0.2) is 10.9 Å². The highest BCUT2D eigenvalue weighted by molar-refractivity contribution is 7.93. The number of benzene rings is 2. The van der Waals surface area contributed by atoms with Gasteiger partial charge in [-0.3, -0.25) is 0 Å². The van der Waals surface area contributed by atoms with Crippen molar-refractivity contribution in [3.8, 4) is 5.75 Å². The van der Waals surface area contributed by atoms with Gasteiger partial charge in [-0.25, -0.2) is 17.7 Å². The van der Waals surface area contributed by atoms with Crippen LogP contribution in [0.5, 0.6) is 5.75 Å². The van der Waals surface area contributed by atoms with Crippen LogP contribution in [0.4, 0.5) is 5.13 Å². The minimum atomic E-state index is -3.90. The molecule has 0 fully saturated rings. The largest absolute Gasteiger partial charge is 0.488 e. The zero-order chi connectivity index (χ0) is 20.1. The Morgan fingerprint density at radius 1 is 1.11 bits per heavy atom. The van der Waals surface area contributed by atoms with E-state index in [1.54, 1.807) is 41.8 Å². The van der Waals surface area contributed by atoms with Gasteiger partial charge in [0.2, 0.25) is 0 Å². The number of hydrogen-bond donors (Lipinski definition) is 1. The number of ether oxygens (including phenoxy) is 1. The maximum absolute atomic E-state index is 13.0. The van der Waals surface area contributed by atoms with E-state index < -0.39 is 16.1 Å². The molecule has 6 nitrogen and oxygen atoms in total. The standard InChI is InChI=1S/C18H16Cl2N2O4S2/c19-15-7-4-8-16(20)17(15)26-12-13(23)11-22(18-21-9-10-27-18)28(24,25)14-5-2-1-3-6-14/h1-10,13,23H,11-12H2. The fourth-order valence-corrected chi connectivity index (χ4v) is 5.25. The van der Waals surface area contributed by atoms with Crippen molar-refractivity contribution in [2.45, 2.75) is 11.0 Å². The molecule has 10 heteroatoms. The third-order valence-electron chi connectivity index (χ3n) is 3.68. The molecule has 0 saturated carbocycles. The van der Waals surface area contributed by atoms with Crippen molar-refractivity contribution in [3.63, 3.8) is 0 Å². The van der Waals surface area contributed by atoms with Crippen molar-refractivity contribution in [1.29, 1.82) is 0 Å². The molecular formula is C18H16Cl2N2O4S2. The van der Waals surface area contributed by atoms with E-state index in [9.17, 15) is 13.5 Å². The lowest BCUT2D eigenvalue weighted by atomic mass is 10.3. The summed E-state index contributed by atoms with van der Waals surface area (Å²) < 4.78 is 32.7. The van der Waals surface area contributed by atoms with Crippen LogP contribution >= 0.6 is 34.5 Å². The second-order valence-corrected chi connectivity index (χ2v) is 9.23. The summed E-state index contributed by atoms with van der Waals surface area (Å²) in [6.07, 6.45) is 0.356. The molecule has 3 rings (SSSR count). The third kappa shape index (κ3) is 4.76. The lowest BCUT2D eigenvalue weighted by Crippen LogP contribution is -2.39. The van der Waals surface area contributed by atoms with E-state index in [1.165, 1.54) is 18.3 Å². The summed E-state index contributed by atoms with van der Waals surface area (Å²) in [5.74, 6) is 0.233. The first kappa shape index (κ1) is 20.9. The molecule has 148 valence electrons. The summed E-state index contributed by atoms with van der Waals surface area (Å²) in [4.78, 5) is 4.18. The number of rotatable bonds is 8. The van der Waals surface area contributed by atoms with E-state index in [-0.39, 0.29) is 28.9 Å². The maximum atomic E-state index is 13.0. The molecular weight excluding hydrogens is 443 g/mol. The molecule has 1 atom stereocenters. The van der Waals surface area contributed by atoms with Crippen LogP contribution in [0.3, 0.4) is 0 Å². The molecule has 0 radical (unpaired) electrons. The zero-order valence-corrected chi connectivity index (χ0v) is 17.5. The van der Waals surface area contributed by atoms with E-state index in [4.69, 9.17) is 27.9 Å². The highest BCUT2D eigenvalue weighted by Crippen LogP contribution is 2.32. The summed E-state index contributed by atoms with van der Waals surface area (Å²) in [6, 6.07) is 12.9. The molecule has 0 aliphatic carbocycles. The number of halogens is 2. The van der Waals surface area contributed by atoms with Gasteiger partial charge in [-0.2, -0.15) is 0 Å². The lowest BCUT2D eigenvalue weighted by molar-refractivity contribution is 0.115. The van der Waals surface area contributed by atoms with Gasteiger partial charge in [0.05, 0.1) is 21.5 Å². The molecule has 0 amide bonds. The highest BCUT2D eigenvalue weighted by atomic mass is 35.5. The summed E-state index contributed by atoms with van der Waals surface area (Å²) in [7, 11) is -3.90. The Labute approximate surface area is 177 Å². The average molecular weight is 459 g/mol. The van der Waals surface area contributed by atoms with Gasteiger partial charge in [0, 0.05) is 11.6 Å². The summed E-state index contributed by atoms with van der Waals surface area (Å²) in [5.41, 5.74) is 0. The van der Waals surface area contributed by atoms with Gasteiger partial charge >= 0.3 is 0 Å².